The molecule has 3 N–H and O–H groups in total. The fourth-order valence-corrected chi connectivity index (χ4v) is 2.21. The number of imidazole rings is 1. The monoisotopic (exact) mass is 248 g/mol. The van der Waals surface area contributed by atoms with Crippen molar-refractivity contribution in [3.63, 3.8) is 0 Å². The molecule has 88 valence electrons. The number of benzene rings is 1. The number of hydrogen-bond donors (Lipinski definition) is 2. The number of hydrogen-bond acceptors (Lipinski definition) is 3. The fourth-order valence-electron chi connectivity index (χ4n) is 2.08. The van der Waals surface area contributed by atoms with Crippen molar-refractivity contribution in [1.29, 1.82) is 0 Å². The van der Waals surface area contributed by atoms with Gasteiger partial charge in [0.1, 0.15) is 11.5 Å². The van der Waals surface area contributed by atoms with Crippen LogP contribution in [0.3, 0.4) is 0 Å². The van der Waals surface area contributed by atoms with Crippen LogP contribution in [-0.2, 0) is 6.54 Å². The molecule has 0 bridgehead atoms. The fraction of sp³-hybridized carbons (Fsp3) is 0.250. The van der Waals surface area contributed by atoms with E-state index in [0.717, 1.165) is 47.6 Å². The minimum absolute atomic E-state index is 0.717. The number of aromatic nitrogens is 2. The van der Waals surface area contributed by atoms with E-state index in [2.05, 4.69) is 10.3 Å². The Hall–Kier alpha value is -1.68. The van der Waals surface area contributed by atoms with E-state index in [-0.39, 0.29) is 0 Å². The highest BCUT2D eigenvalue weighted by Gasteiger charge is 2.18. The maximum atomic E-state index is 6.12. The summed E-state index contributed by atoms with van der Waals surface area (Å²) >= 11 is 5.87. The van der Waals surface area contributed by atoms with Crippen molar-refractivity contribution in [1.82, 2.24) is 9.55 Å². The van der Waals surface area contributed by atoms with Gasteiger partial charge in [-0.05, 0) is 18.6 Å². The van der Waals surface area contributed by atoms with Crippen LogP contribution in [0.15, 0.2) is 24.3 Å². The second kappa shape index (κ2) is 3.96. The van der Waals surface area contributed by atoms with Gasteiger partial charge < -0.3 is 11.1 Å². The average molecular weight is 249 g/mol. The lowest BCUT2D eigenvalue weighted by Crippen LogP contribution is -2.18. The van der Waals surface area contributed by atoms with Gasteiger partial charge in [-0.15, -0.1) is 0 Å². The molecule has 2 aromatic rings. The van der Waals surface area contributed by atoms with Crippen LogP contribution in [0.1, 0.15) is 6.42 Å². The summed E-state index contributed by atoms with van der Waals surface area (Å²) in [5.74, 6) is 1.58. The number of anilines is 2. The Morgan fingerprint density at radius 2 is 2.06 bits per heavy atom. The summed E-state index contributed by atoms with van der Waals surface area (Å²) in [6.45, 7) is 1.88. The molecule has 5 heteroatoms. The largest absolute Gasteiger partial charge is 0.383 e. The summed E-state index contributed by atoms with van der Waals surface area (Å²) in [5, 5.41) is 3.97. The van der Waals surface area contributed by atoms with Crippen LogP contribution in [0.4, 0.5) is 11.8 Å². The van der Waals surface area contributed by atoms with Crippen LogP contribution < -0.4 is 11.1 Å². The standard InChI is InChI=1S/C12H13ClN4/c13-9-4-2-8(3-5-9)10-11(14)17-7-1-6-15-12(17)16-10/h2-5H,1,6-7,14H2,(H,15,16). The maximum Gasteiger partial charge on any atom is 0.205 e. The van der Waals surface area contributed by atoms with Gasteiger partial charge in [-0.2, -0.15) is 0 Å². The van der Waals surface area contributed by atoms with Crippen molar-refractivity contribution in [3.05, 3.63) is 29.3 Å². The van der Waals surface area contributed by atoms with Crippen molar-refractivity contribution < 1.29 is 0 Å². The van der Waals surface area contributed by atoms with Crippen molar-refractivity contribution in [3.8, 4) is 11.3 Å². The number of nitrogen functional groups attached to an aromatic ring is 1. The molecule has 0 atom stereocenters. The van der Waals surface area contributed by atoms with Gasteiger partial charge in [0.25, 0.3) is 0 Å². The van der Waals surface area contributed by atoms with Gasteiger partial charge >= 0.3 is 0 Å². The van der Waals surface area contributed by atoms with Crippen LogP contribution in [-0.4, -0.2) is 16.1 Å². The highest BCUT2D eigenvalue weighted by Crippen LogP contribution is 2.30. The second-order valence-electron chi connectivity index (χ2n) is 4.11. The first-order valence-electron chi connectivity index (χ1n) is 5.61. The highest BCUT2D eigenvalue weighted by molar-refractivity contribution is 6.30. The lowest BCUT2D eigenvalue weighted by atomic mass is 10.1. The van der Waals surface area contributed by atoms with Crippen molar-refractivity contribution in [2.24, 2.45) is 0 Å². The zero-order valence-corrected chi connectivity index (χ0v) is 10.0. The Bertz CT molecular complexity index is 544. The van der Waals surface area contributed by atoms with Crippen LogP contribution in [0, 0.1) is 0 Å². The molecule has 1 aromatic carbocycles. The number of nitrogens with zero attached hydrogens (tertiary/aromatic N) is 2. The maximum absolute atomic E-state index is 6.12. The molecule has 1 aliphatic rings. The van der Waals surface area contributed by atoms with Gasteiger partial charge in [0.15, 0.2) is 0 Å². The first-order chi connectivity index (χ1) is 8.25. The summed E-state index contributed by atoms with van der Waals surface area (Å²) in [5.41, 5.74) is 7.94. The molecule has 4 nitrogen and oxygen atoms in total. The third-order valence-electron chi connectivity index (χ3n) is 2.97. The smallest absolute Gasteiger partial charge is 0.205 e. The molecule has 1 aliphatic heterocycles. The van der Waals surface area contributed by atoms with Gasteiger partial charge in [-0.25, -0.2) is 4.98 Å². The Morgan fingerprint density at radius 1 is 1.29 bits per heavy atom. The van der Waals surface area contributed by atoms with E-state index < -0.39 is 0 Å². The molecular weight excluding hydrogens is 236 g/mol. The summed E-state index contributed by atoms with van der Waals surface area (Å²) in [7, 11) is 0. The first kappa shape index (κ1) is 10.5. The number of nitrogens with two attached hydrogens (primary N) is 1. The molecule has 2 heterocycles. The summed E-state index contributed by atoms with van der Waals surface area (Å²) in [6.07, 6.45) is 1.08. The van der Waals surface area contributed by atoms with E-state index in [4.69, 9.17) is 17.3 Å². The number of nitrogens with one attached hydrogen (secondary N) is 1. The molecule has 0 spiro atoms. The predicted molar refractivity (Wildman–Crippen MR) is 70.2 cm³/mol. The molecule has 0 saturated carbocycles. The zero-order chi connectivity index (χ0) is 11.8. The van der Waals surface area contributed by atoms with E-state index in [1.807, 2.05) is 28.8 Å². The molecule has 0 saturated heterocycles. The van der Waals surface area contributed by atoms with Gasteiger partial charge in [-0.3, -0.25) is 4.57 Å². The summed E-state index contributed by atoms with van der Waals surface area (Å²) < 4.78 is 2.02. The minimum Gasteiger partial charge on any atom is -0.383 e. The summed E-state index contributed by atoms with van der Waals surface area (Å²) in [4.78, 5) is 4.53. The van der Waals surface area contributed by atoms with Crippen molar-refractivity contribution >= 4 is 23.4 Å². The van der Waals surface area contributed by atoms with Crippen LogP contribution in [0.5, 0.6) is 0 Å². The van der Waals surface area contributed by atoms with E-state index in [1.54, 1.807) is 0 Å². The molecule has 0 radical (unpaired) electrons. The zero-order valence-electron chi connectivity index (χ0n) is 9.28. The second-order valence-corrected chi connectivity index (χ2v) is 4.54. The third kappa shape index (κ3) is 1.74. The molecule has 0 fully saturated rings. The van der Waals surface area contributed by atoms with Gasteiger partial charge in [0, 0.05) is 23.7 Å². The molecule has 0 aliphatic carbocycles. The first-order valence-corrected chi connectivity index (χ1v) is 5.99. The van der Waals surface area contributed by atoms with Gasteiger partial charge in [0.2, 0.25) is 5.95 Å². The Morgan fingerprint density at radius 3 is 2.76 bits per heavy atom. The molecular formula is C12H13ClN4. The quantitative estimate of drug-likeness (QED) is 0.816. The molecule has 17 heavy (non-hydrogen) atoms. The highest BCUT2D eigenvalue weighted by atomic mass is 35.5. The van der Waals surface area contributed by atoms with E-state index in [1.165, 1.54) is 0 Å². The average Bonchev–Trinajstić information content (AvgIpc) is 2.69. The molecule has 0 amide bonds. The third-order valence-corrected chi connectivity index (χ3v) is 3.22. The molecule has 1 aromatic heterocycles. The van der Waals surface area contributed by atoms with Crippen LogP contribution in [0.2, 0.25) is 5.02 Å². The SMILES string of the molecule is Nc1c(-c2ccc(Cl)cc2)nc2n1CCCN2. The molecule has 0 unspecified atom stereocenters. The lowest BCUT2D eigenvalue weighted by molar-refractivity contribution is 0.634. The topological polar surface area (TPSA) is 55.9 Å². The van der Waals surface area contributed by atoms with E-state index in [9.17, 15) is 0 Å². The molecule has 3 rings (SSSR count). The van der Waals surface area contributed by atoms with E-state index >= 15 is 0 Å². The summed E-state index contributed by atoms with van der Waals surface area (Å²) in [6, 6.07) is 7.57. The number of halogens is 1. The lowest BCUT2D eigenvalue weighted by Gasteiger charge is -2.15. The number of fused-ring (bicyclic) bond motifs is 1. The Labute approximate surface area is 104 Å². The van der Waals surface area contributed by atoms with Gasteiger partial charge in [-0.1, -0.05) is 23.7 Å². The minimum atomic E-state index is 0.717. The van der Waals surface area contributed by atoms with E-state index in [0.29, 0.717) is 0 Å². The number of rotatable bonds is 1. The Balaban J connectivity index is 2.09. The van der Waals surface area contributed by atoms with Crippen LogP contribution >= 0.6 is 11.6 Å². The van der Waals surface area contributed by atoms with Gasteiger partial charge in [0.05, 0.1) is 0 Å². The normalized spacial score (nSPS) is 14.2. The predicted octanol–water partition coefficient (Wildman–Crippen LogP) is 2.60. The Kier molecular flexibility index (Phi) is 2.44. The van der Waals surface area contributed by atoms with Crippen molar-refractivity contribution in [2.75, 3.05) is 17.6 Å². The van der Waals surface area contributed by atoms with Crippen molar-refractivity contribution in [2.45, 2.75) is 13.0 Å². The van der Waals surface area contributed by atoms with Crippen LogP contribution in [0.25, 0.3) is 11.3 Å².